The van der Waals surface area contributed by atoms with Crippen molar-refractivity contribution in [2.45, 2.75) is 25.3 Å². The zero-order valence-electron chi connectivity index (χ0n) is 7.12. The van der Waals surface area contributed by atoms with Gasteiger partial charge in [-0.15, -0.1) is 0 Å². The van der Waals surface area contributed by atoms with E-state index in [4.69, 9.17) is 10.8 Å². The minimum atomic E-state index is -0.335. The summed E-state index contributed by atoms with van der Waals surface area (Å²) in [6, 6.07) is 0.280. The third kappa shape index (κ3) is 2.46. The second-order valence-corrected chi connectivity index (χ2v) is 3.33. The SMILES string of the molecule is NC(=O)CNC1CCCC1CO. The van der Waals surface area contributed by atoms with Crippen molar-refractivity contribution in [3.8, 4) is 0 Å². The molecule has 4 nitrogen and oxygen atoms in total. The number of rotatable bonds is 4. The van der Waals surface area contributed by atoms with Crippen LogP contribution in [0.25, 0.3) is 0 Å². The van der Waals surface area contributed by atoms with Crippen LogP contribution in [-0.2, 0) is 4.79 Å². The van der Waals surface area contributed by atoms with Crippen LogP contribution < -0.4 is 11.1 Å². The average Bonchev–Trinajstić information content (AvgIpc) is 2.47. The van der Waals surface area contributed by atoms with Crippen molar-refractivity contribution >= 4 is 5.91 Å². The van der Waals surface area contributed by atoms with Gasteiger partial charge in [-0.05, 0) is 18.8 Å². The summed E-state index contributed by atoms with van der Waals surface area (Å²) in [4.78, 5) is 10.4. The van der Waals surface area contributed by atoms with Gasteiger partial charge in [-0.1, -0.05) is 6.42 Å². The van der Waals surface area contributed by atoms with Gasteiger partial charge in [-0.2, -0.15) is 0 Å². The molecule has 2 atom stereocenters. The minimum Gasteiger partial charge on any atom is -0.396 e. The minimum absolute atomic E-state index is 0.205. The number of primary amides is 1. The third-order valence-electron chi connectivity index (χ3n) is 2.43. The van der Waals surface area contributed by atoms with Gasteiger partial charge in [0.15, 0.2) is 0 Å². The van der Waals surface area contributed by atoms with E-state index in [-0.39, 0.29) is 25.1 Å². The summed E-state index contributed by atoms with van der Waals surface area (Å²) < 4.78 is 0. The standard InChI is InChI=1S/C8H16N2O2/c9-8(12)4-10-7-3-1-2-6(7)5-11/h6-7,10-11H,1-5H2,(H2,9,12). The zero-order valence-corrected chi connectivity index (χ0v) is 7.12. The Balaban J connectivity index is 2.26. The van der Waals surface area contributed by atoms with E-state index in [9.17, 15) is 4.79 Å². The number of nitrogens with two attached hydrogens (primary N) is 1. The molecule has 12 heavy (non-hydrogen) atoms. The molecule has 4 heteroatoms. The second kappa shape index (κ2) is 4.42. The van der Waals surface area contributed by atoms with Crippen molar-refractivity contribution < 1.29 is 9.90 Å². The van der Waals surface area contributed by atoms with Crippen molar-refractivity contribution in [1.82, 2.24) is 5.32 Å². The normalized spacial score (nSPS) is 29.1. The number of hydrogen-bond acceptors (Lipinski definition) is 3. The molecule has 70 valence electrons. The molecular weight excluding hydrogens is 156 g/mol. The first kappa shape index (κ1) is 9.48. The summed E-state index contributed by atoms with van der Waals surface area (Å²) in [6.45, 7) is 0.428. The Bertz CT molecular complexity index is 161. The van der Waals surface area contributed by atoms with Crippen LogP contribution in [-0.4, -0.2) is 30.2 Å². The molecule has 2 unspecified atom stereocenters. The average molecular weight is 172 g/mol. The lowest BCUT2D eigenvalue weighted by Gasteiger charge is -2.17. The van der Waals surface area contributed by atoms with E-state index in [2.05, 4.69) is 5.32 Å². The molecular formula is C8H16N2O2. The van der Waals surface area contributed by atoms with E-state index < -0.39 is 0 Å². The highest BCUT2D eigenvalue weighted by atomic mass is 16.3. The van der Waals surface area contributed by atoms with E-state index in [1.807, 2.05) is 0 Å². The molecule has 0 bridgehead atoms. The highest BCUT2D eigenvalue weighted by Crippen LogP contribution is 2.24. The summed E-state index contributed by atoms with van der Waals surface area (Å²) in [5, 5.41) is 12.0. The van der Waals surface area contributed by atoms with Crippen LogP contribution in [0.2, 0.25) is 0 Å². The van der Waals surface area contributed by atoms with Crippen LogP contribution in [0, 0.1) is 5.92 Å². The van der Waals surface area contributed by atoms with Gasteiger partial charge in [-0.25, -0.2) is 0 Å². The molecule has 1 rings (SSSR count). The van der Waals surface area contributed by atoms with E-state index in [1.54, 1.807) is 0 Å². The van der Waals surface area contributed by atoms with E-state index in [0.717, 1.165) is 19.3 Å². The van der Waals surface area contributed by atoms with Gasteiger partial charge in [0.1, 0.15) is 0 Å². The van der Waals surface area contributed by atoms with Crippen molar-refractivity contribution in [1.29, 1.82) is 0 Å². The maximum atomic E-state index is 10.4. The molecule has 0 aromatic rings. The number of aliphatic hydroxyl groups is 1. The Labute approximate surface area is 72.1 Å². The maximum Gasteiger partial charge on any atom is 0.231 e. The van der Waals surface area contributed by atoms with Crippen LogP contribution in [0.15, 0.2) is 0 Å². The molecule has 1 saturated carbocycles. The van der Waals surface area contributed by atoms with Crippen molar-refractivity contribution in [3.05, 3.63) is 0 Å². The van der Waals surface area contributed by atoms with Gasteiger partial charge in [-0.3, -0.25) is 4.79 Å². The molecule has 0 spiro atoms. The lowest BCUT2D eigenvalue weighted by molar-refractivity contribution is -0.117. The fraction of sp³-hybridized carbons (Fsp3) is 0.875. The maximum absolute atomic E-state index is 10.4. The number of carbonyl (C=O) groups is 1. The predicted molar refractivity (Wildman–Crippen MR) is 45.4 cm³/mol. The molecule has 0 radical (unpaired) electrons. The molecule has 1 fully saturated rings. The first-order chi connectivity index (χ1) is 5.74. The lowest BCUT2D eigenvalue weighted by atomic mass is 10.1. The number of nitrogens with one attached hydrogen (secondary N) is 1. The quantitative estimate of drug-likeness (QED) is 0.521. The van der Waals surface area contributed by atoms with Gasteiger partial charge in [0.2, 0.25) is 5.91 Å². The van der Waals surface area contributed by atoms with Crippen molar-refractivity contribution in [2.24, 2.45) is 11.7 Å². The topological polar surface area (TPSA) is 75.4 Å². The summed E-state index contributed by atoms with van der Waals surface area (Å²) in [5.41, 5.74) is 4.99. The second-order valence-electron chi connectivity index (χ2n) is 3.33. The molecule has 0 aromatic carbocycles. The fourth-order valence-electron chi connectivity index (χ4n) is 1.76. The van der Waals surface area contributed by atoms with Crippen LogP contribution in [0.5, 0.6) is 0 Å². The molecule has 1 aliphatic carbocycles. The predicted octanol–water partition coefficient (Wildman–Crippen LogP) is -0.778. The van der Waals surface area contributed by atoms with Crippen molar-refractivity contribution in [3.63, 3.8) is 0 Å². The third-order valence-corrected chi connectivity index (χ3v) is 2.43. The summed E-state index contributed by atoms with van der Waals surface area (Å²) in [6.07, 6.45) is 3.22. The first-order valence-electron chi connectivity index (χ1n) is 4.36. The smallest absolute Gasteiger partial charge is 0.231 e. The van der Waals surface area contributed by atoms with E-state index in [1.165, 1.54) is 0 Å². The number of carbonyl (C=O) groups excluding carboxylic acids is 1. The molecule has 0 aliphatic heterocycles. The lowest BCUT2D eigenvalue weighted by Crippen LogP contribution is -2.39. The largest absolute Gasteiger partial charge is 0.396 e. The Morgan fingerprint density at radius 1 is 1.58 bits per heavy atom. The molecule has 1 amide bonds. The Morgan fingerprint density at radius 3 is 2.92 bits per heavy atom. The van der Waals surface area contributed by atoms with E-state index >= 15 is 0 Å². The summed E-state index contributed by atoms with van der Waals surface area (Å²) in [7, 11) is 0. The number of amides is 1. The first-order valence-corrected chi connectivity index (χ1v) is 4.36. The van der Waals surface area contributed by atoms with Gasteiger partial charge >= 0.3 is 0 Å². The van der Waals surface area contributed by atoms with E-state index in [0.29, 0.717) is 5.92 Å². The molecule has 0 saturated heterocycles. The highest BCUT2D eigenvalue weighted by molar-refractivity contribution is 5.75. The Kier molecular flexibility index (Phi) is 3.49. The van der Waals surface area contributed by atoms with Crippen LogP contribution in [0.3, 0.4) is 0 Å². The Hall–Kier alpha value is -0.610. The highest BCUT2D eigenvalue weighted by Gasteiger charge is 2.25. The fourth-order valence-corrected chi connectivity index (χ4v) is 1.76. The summed E-state index contributed by atoms with van der Waals surface area (Å²) in [5.74, 6) is -0.0251. The zero-order chi connectivity index (χ0) is 8.97. The van der Waals surface area contributed by atoms with Crippen LogP contribution in [0.4, 0.5) is 0 Å². The van der Waals surface area contributed by atoms with Crippen LogP contribution in [0.1, 0.15) is 19.3 Å². The number of aliphatic hydroxyl groups excluding tert-OH is 1. The molecule has 0 heterocycles. The van der Waals surface area contributed by atoms with Gasteiger partial charge in [0.05, 0.1) is 6.54 Å². The Morgan fingerprint density at radius 2 is 2.33 bits per heavy atom. The van der Waals surface area contributed by atoms with Gasteiger partial charge < -0.3 is 16.2 Å². The van der Waals surface area contributed by atoms with Gasteiger partial charge in [0.25, 0.3) is 0 Å². The monoisotopic (exact) mass is 172 g/mol. The molecule has 4 N–H and O–H groups in total. The number of hydrogen-bond donors (Lipinski definition) is 3. The van der Waals surface area contributed by atoms with Crippen LogP contribution >= 0.6 is 0 Å². The summed E-state index contributed by atoms with van der Waals surface area (Å²) >= 11 is 0. The van der Waals surface area contributed by atoms with Gasteiger partial charge in [0, 0.05) is 12.6 Å². The molecule has 1 aliphatic rings. The van der Waals surface area contributed by atoms with Crippen molar-refractivity contribution in [2.75, 3.05) is 13.2 Å². The molecule has 0 aromatic heterocycles.